The Morgan fingerprint density at radius 3 is 2.79 bits per heavy atom. The maximum absolute atomic E-state index is 12.4. The SMILES string of the molecule is COc1cccc(NC(=O)N[C@@H]2CC[C@H](CC(=O)N3CCOCC3)O[C@@H]2CO)c1. The lowest BCUT2D eigenvalue weighted by atomic mass is 9.97. The zero-order chi connectivity index (χ0) is 20.6. The van der Waals surface area contributed by atoms with E-state index in [1.807, 2.05) is 0 Å². The Morgan fingerprint density at radius 2 is 2.07 bits per heavy atom. The topological polar surface area (TPSA) is 109 Å². The second-order valence-corrected chi connectivity index (χ2v) is 7.19. The Morgan fingerprint density at radius 1 is 1.28 bits per heavy atom. The highest BCUT2D eigenvalue weighted by atomic mass is 16.5. The van der Waals surface area contributed by atoms with Gasteiger partial charge in [-0.15, -0.1) is 0 Å². The number of amides is 3. The first kappa shape index (κ1) is 21.4. The Balaban J connectivity index is 1.48. The van der Waals surface area contributed by atoms with Gasteiger partial charge < -0.3 is 34.9 Å². The van der Waals surface area contributed by atoms with Gasteiger partial charge in [-0.25, -0.2) is 4.79 Å². The summed E-state index contributed by atoms with van der Waals surface area (Å²) in [6, 6.07) is 6.33. The van der Waals surface area contributed by atoms with Crippen LogP contribution >= 0.6 is 0 Å². The number of hydrogen-bond donors (Lipinski definition) is 3. The molecule has 0 saturated carbocycles. The van der Waals surface area contributed by atoms with Crippen LogP contribution in [0.1, 0.15) is 19.3 Å². The normalized spacial score (nSPS) is 24.6. The van der Waals surface area contributed by atoms with Crippen molar-refractivity contribution in [3.63, 3.8) is 0 Å². The lowest BCUT2D eigenvalue weighted by Gasteiger charge is -2.37. The number of anilines is 1. The molecule has 2 aliphatic rings. The van der Waals surface area contributed by atoms with Crippen molar-refractivity contribution >= 4 is 17.6 Å². The van der Waals surface area contributed by atoms with Gasteiger partial charge in [0.15, 0.2) is 0 Å². The van der Waals surface area contributed by atoms with Crippen LogP contribution in [-0.2, 0) is 14.3 Å². The van der Waals surface area contributed by atoms with Crippen LogP contribution in [0.3, 0.4) is 0 Å². The van der Waals surface area contributed by atoms with Gasteiger partial charge in [-0.2, -0.15) is 0 Å². The predicted molar refractivity (Wildman–Crippen MR) is 106 cm³/mol. The summed E-state index contributed by atoms with van der Waals surface area (Å²) in [6.45, 7) is 2.09. The second-order valence-electron chi connectivity index (χ2n) is 7.19. The third kappa shape index (κ3) is 6.06. The summed E-state index contributed by atoms with van der Waals surface area (Å²) in [5, 5.41) is 15.3. The average molecular weight is 407 g/mol. The summed E-state index contributed by atoms with van der Waals surface area (Å²) in [4.78, 5) is 26.5. The standard InChI is InChI=1S/C20H29N3O6/c1-27-15-4-2-3-14(11-15)21-20(26)22-17-6-5-16(29-18(17)13-24)12-19(25)23-7-9-28-10-8-23/h2-4,11,16-18,24H,5-10,12-13H2,1H3,(H2,21,22,26)/t16-,17-,18-/m1/s1. The van der Waals surface area contributed by atoms with E-state index in [2.05, 4.69) is 10.6 Å². The Hall–Kier alpha value is -2.36. The van der Waals surface area contributed by atoms with Crippen molar-refractivity contribution in [2.24, 2.45) is 0 Å². The Bertz CT molecular complexity index is 695. The molecule has 0 aliphatic carbocycles. The highest BCUT2D eigenvalue weighted by Crippen LogP contribution is 2.23. The van der Waals surface area contributed by atoms with Crippen molar-refractivity contribution in [1.82, 2.24) is 10.2 Å². The molecule has 0 aromatic heterocycles. The minimum Gasteiger partial charge on any atom is -0.497 e. The van der Waals surface area contributed by atoms with Crippen LogP contribution in [-0.4, -0.2) is 80.2 Å². The van der Waals surface area contributed by atoms with Crippen molar-refractivity contribution in [1.29, 1.82) is 0 Å². The smallest absolute Gasteiger partial charge is 0.319 e. The number of morpholine rings is 1. The van der Waals surface area contributed by atoms with Crippen molar-refractivity contribution in [2.45, 2.75) is 37.5 Å². The molecule has 2 heterocycles. The van der Waals surface area contributed by atoms with E-state index < -0.39 is 6.10 Å². The van der Waals surface area contributed by atoms with Crippen molar-refractivity contribution in [3.8, 4) is 5.75 Å². The van der Waals surface area contributed by atoms with Gasteiger partial charge in [0.25, 0.3) is 0 Å². The zero-order valence-corrected chi connectivity index (χ0v) is 16.6. The first-order valence-corrected chi connectivity index (χ1v) is 9.92. The van der Waals surface area contributed by atoms with Crippen molar-refractivity contribution < 1.29 is 28.9 Å². The van der Waals surface area contributed by atoms with Gasteiger partial charge in [-0.3, -0.25) is 4.79 Å². The second kappa shape index (κ2) is 10.4. The van der Waals surface area contributed by atoms with Crippen LogP contribution in [0.2, 0.25) is 0 Å². The highest BCUT2D eigenvalue weighted by molar-refractivity contribution is 5.89. The van der Waals surface area contributed by atoms with Gasteiger partial charge in [-0.05, 0) is 25.0 Å². The monoisotopic (exact) mass is 407 g/mol. The Labute approximate surface area is 170 Å². The van der Waals surface area contributed by atoms with E-state index in [0.717, 1.165) is 0 Å². The summed E-state index contributed by atoms with van der Waals surface area (Å²) in [5.41, 5.74) is 0.605. The predicted octanol–water partition coefficient (Wildman–Crippen LogP) is 0.974. The van der Waals surface area contributed by atoms with Crippen LogP contribution in [0.15, 0.2) is 24.3 Å². The molecule has 3 amide bonds. The van der Waals surface area contributed by atoms with E-state index >= 15 is 0 Å². The number of nitrogens with one attached hydrogen (secondary N) is 2. The number of rotatable bonds is 6. The Kier molecular flexibility index (Phi) is 7.68. The molecule has 2 fully saturated rings. The van der Waals surface area contributed by atoms with Gasteiger partial charge in [0.2, 0.25) is 5.91 Å². The number of ether oxygens (including phenoxy) is 3. The van der Waals surface area contributed by atoms with E-state index in [0.29, 0.717) is 50.6 Å². The fraction of sp³-hybridized carbons (Fsp3) is 0.600. The summed E-state index contributed by atoms with van der Waals surface area (Å²) < 4.78 is 16.3. The number of nitrogens with zero attached hydrogens (tertiary/aromatic N) is 1. The number of urea groups is 1. The number of hydrogen-bond acceptors (Lipinski definition) is 6. The van der Waals surface area contributed by atoms with E-state index in [1.54, 1.807) is 36.3 Å². The first-order valence-electron chi connectivity index (χ1n) is 9.92. The number of aliphatic hydroxyl groups excluding tert-OH is 1. The van der Waals surface area contributed by atoms with Gasteiger partial charge in [-0.1, -0.05) is 6.07 Å². The van der Waals surface area contributed by atoms with Crippen LogP contribution in [0.4, 0.5) is 10.5 Å². The summed E-state index contributed by atoms with van der Waals surface area (Å²) in [7, 11) is 1.56. The number of benzene rings is 1. The fourth-order valence-corrected chi connectivity index (χ4v) is 3.62. The summed E-state index contributed by atoms with van der Waals surface area (Å²) in [6.07, 6.45) is 0.720. The molecule has 3 rings (SSSR count). The van der Waals surface area contributed by atoms with Crippen LogP contribution in [0, 0.1) is 0 Å². The average Bonchev–Trinajstić information content (AvgIpc) is 2.75. The minimum atomic E-state index is -0.553. The highest BCUT2D eigenvalue weighted by Gasteiger charge is 2.33. The molecular weight excluding hydrogens is 378 g/mol. The van der Waals surface area contributed by atoms with E-state index in [9.17, 15) is 14.7 Å². The molecule has 0 unspecified atom stereocenters. The van der Waals surface area contributed by atoms with Crippen LogP contribution in [0.25, 0.3) is 0 Å². The number of methoxy groups -OCH3 is 1. The van der Waals surface area contributed by atoms with E-state index in [1.165, 1.54) is 0 Å². The largest absolute Gasteiger partial charge is 0.497 e. The van der Waals surface area contributed by atoms with Gasteiger partial charge in [0.1, 0.15) is 11.9 Å². The summed E-state index contributed by atoms with van der Waals surface area (Å²) in [5.74, 6) is 0.682. The molecule has 29 heavy (non-hydrogen) atoms. The molecular formula is C20H29N3O6. The van der Waals surface area contributed by atoms with Crippen molar-refractivity contribution in [3.05, 3.63) is 24.3 Å². The molecule has 9 nitrogen and oxygen atoms in total. The number of carbonyl (C=O) groups is 2. The maximum atomic E-state index is 12.4. The quantitative estimate of drug-likeness (QED) is 0.649. The third-order valence-corrected chi connectivity index (χ3v) is 5.21. The minimum absolute atomic E-state index is 0.0390. The van der Waals surface area contributed by atoms with Gasteiger partial charge in [0, 0.05) is 24.8 Å². The molecule has 3 atom stereocenters. The van der Waals surface area contributed by atoms with Crippen LogP contribution < -0.4 is 15.4 Å². The molecule has 2 saturated heterocycles. The third-order valence-electron chi connectivity index (χ3n) is 5.21. The zero-order valence-electron chi connectivity index (χ0n) is 16.6. The lowest BCUT2D eigenvalue weighted by molar-refractivity contribution is -0.143. The van der Waals surface area contributed by atoms with E-state index in [-0.39, 0.29) is 37.1 Å². The number of carbonyl (C=O) groups excluding carboxylic acids is 2. The van der Waals surface area contributed by atoms with Crippen molar-refractivity contribution in [2.75, 3.05) is 45.3 Å². The van der Waals surface area contributed by atoms with Crippen LogP contribution in [0.5, 0.6) is 5.75 Å². The lowest BCUT2D eigenvalue weighted by Crippen LogP contribution is -2.52. The molecule has 0 radical (unpaired) electrons. The molecule has 9 heteroatoms. The van der Waals surface area contributed by atoms with Gasteiger partial charge >= 0.3 is 6.03 Å². The molecule has 3 N–H and O–H groups in total. The molecule has 2 aliphatic heterocycles. The molecule has 1 aromatic rings. The molecule has 160 valence electrons. The summed E-state index contributed by atoms with van der Waals surface area (Å²) >= 11 is 0. The van der Waals surface area contributed by atoms with E-state index in [4.69, 9.17) is 14.2 Å². The number of aliphatic hydroxyl groups is 1. The molecule has 1 aromatic carbocycles. The maximum Gasteiger partial charge on any atom is 0.319 e. The molecule has 0 bridgehead atoms. The molecule has 0 spiro atoms. The fourth-order valence-electron chi connectivity index (χ4n) is 3.62. The van der Waals surface area contributed by atoms with Gasteiger partial charge in [0.05, 0.1) is 45.5 Å². The first-order chi connectivity index (χ1) is 14.1.